The molecule has 1 atom stereocenters. The van der Waals surface area contributed by atoms with Gasteiger partial charge in [-0.25, -0.2) is 0 Å². The summed E-state index contributed by atoms with van der Waals surface area (Å²) >= 11 is 1.19. The van der Waals surface area contributed by atoms with Crippen LogP contribution in [-0.4, -0.2) is 52.7 Å². The van der Waals surface area contributed by atoms with Crippen molar-refractivity contribution in [1.29, 1.82) is 0 Å². The predicted molar refractivity (Wildman–Crippen MR) is 119 cm³/mol. The summed E-state index contributed by atoms with van der Waals surface area (Å²) in [6.45, 7) is 4.90. The number of unbranched alkanes of at least 4 members (excludes halogenated alkanes) is 3. The van der Waals surface area contributed by atoms with Crippen molar-refractivity contribution < 1.29 is 42.7 Å². The van der Waals surface area contributed by atoms with Crippen LogP contribution in [-0.2, 0) is 16.0 Å². The smallest absolute Gasteiger partial charge is 0.314 e. The van der Waals surface area contributed by atoms with Gasteiger partial charge in [0.15, 0.2) is 0 Å². The van der Waals surface area contributed by atoms with Crippen LogP contribution >= 0.6 is 11.7 Å². The summed E-state index contributed by atoms with van der Waals surface area (Å²) in [6.07, 6.45) is 8.08. The molecular weight excluding hydrogens is 525 g/mol. The lowest BCUT2D eigenvalue weighted by atomic mass is 10.1. The first kappa shape index (κ1) is 25.7. The largest absolute Gasteiger partial charge is 1.00 e. The van der Waals surface area contributed by atoms with Crippen LogP contribution in [0.5, 0.6) is 5.88 Å². The quantitative estimate of drug-likeness (QED) is 0.181. The number of benzene rings is 1. The monoisotopic (exact) mass is 557 g/mol. The number of rotatable bonds is 11. The number of quaternary nitrogens is 1. The highest BCUT2D eigenvalue weighted by Crippen LogP contribution is 2.30. The summed E-state index contributed by atoms with van der Waals surface area (Å²) in [5.41, 5.74) is 2.94. The van der Waals surface area contributed by atoms with Gasteiger partial charge in [0.05, 0.1) is 38.3 Å². The molecule has 0 saturated carbocycles. The van der Waals surface area contributed by atoms with Gasteiger partial charge >= 0.3 is 5.97 Å². The van der Waals surface area contributed by atoms with Crippen molar-refractivity contribution in [3.63, 3.8) is 0 Å². The van der Waals surface area contributed by atoms with Crippen molar-refractivity contribution in [1.82, 2.24) is 8.75 Å². The molecule has 1 aromatic carbocycles. The maximum absolute atomic E-state index is 12.3. The number of ether oxygens (including phenoxy) is 2. The second-order valence-corrected chi connectivity index (χ2v) is 8.68. The van der Waals surface area contributed by atoms with E-state index in [2.05, 4.69) is 28.8 Å². The molecular formula is C23H32IN3O3S. The van der Waals surface area contributed by atoms with Crippen LogP contribution in [0.25, 0.3) is 5.57 Å². The fourth-order valence-corrected chi connectivity index (χ4v) is 4.13. The average molecular weight is 557 g/mol. The summed E-state index contributed by atoms with van der Waals surface area (Å²) in [6, 6.07) is 9.70. The maximum atomic E-state index is 12.3. The van der Waals surface area contributed by atoms with E-state index in [4.69, 9.17) is 9.47 Å². The van der Waals surface area contributed by atoms with Gasteiger partial charge in [0.2, 0.25) is 6.73 Å². The molecule has 1 aliphatic rings. The fourth-order valence-electron chi connectivity index (χ4n) is 3.60. The Labute approximate surface area is 206 Å². The lowest BCUT2D eigenvalue weighted by molar-refractivity contribution is -0.919. The Balaban J connectivity index is 0.00000341. The Morgan fingerprint density at radius 3 is 2.74 bits per heavy atom. The zero-order valence-corrected chi connectivity index (χ0v) is 21.4. The number of aromatic nitrogens is 2. The van der Waals surface area contributed by atoms with Crippen LogP contribution in [0.1, 0.15) is 50.3 Å². The Morgan fingerprint density at radius 1 is 1.16 bits per heavy atom. The molecule has 2 aromatic rings. The zero-order valence-electron chi connectivity index (χ0n) is 18.4. The van der Waals surface area contributed by atoms with Gasteiger partial charge in [0, 0.05) is 12.0 Å². The number of likely N-dealkylation sites (N-methyl/N-ethyl adjacent to an activating group) is 1. The van der Waals surface area contributed by atoms with Crippen LogP contribution in [0.3, 0.4) is 0 Å². The van der Waals surface area contributed by atoms with Crippen molar-refractivity contribution in [3.05, 3.63) is 47.7 Å². The normalized spacial score (nSPS) is 18.1. The second-order valence-electron chi connectivity index (χ2n) is 8.15. The van der Waals surface area contributed by atoms with E-state index >= 15 is 0 Å². The van der Waals surface area contributed by atoms with Gasteiger partial charge < -0.3 is 33.5 Å². The van der Waals surface area contributed by atoms with Crippen LogP contribution in [0.15, 0.2) is 36.4 Å². The van der Waals surface area contributed by atoms with Crippen molar-refractivity contribution in [2.75, 3.05) is 33.5 Å². The molecule has 0 radical (unpaired) electrons. The molecule has 0 fully saturated rings. The van der Waals surface area contributed by atoms with Crippen LogP contribution in [0, 0.1) is 0 Å². The molecule has 1 unspecified atom stereocenters. The number of hydrogen-bond acceptors (Lipinski definition) is 6. The van der Waals surface area contributed by atoms with Crippen molar-refractivity contribution in [2.24, 2.45) is 0 Å². The van der Waals surface area contributed by atoms with E-state index in [9.17, 15) is 4.79 Å². The Morgan fingerprint density at radius 2 is 1.97 bits per heavy atom. The molecule has 170 valence electrons. The van der Waals surface area contributed by atoms with E-state index in [1.807, 2.05) is 30.3 Å². The first-order chi connectivity index (χ1) is 14.6. The van der Waals surface area contributed by atoms with E-state index < -0.39 is 0 Å². The van der Waals surface area contributed by atoms with Gasteiger partial charge in [-0.2, -0.15) is 4.37 Å². The summed E-state index contributed by atoms with van der Waals surface area (Å²) in [5, 5.41) is 0. The molecule has 2 heterocycles. The first-order valence-electron chi connectivity index (χ1n) is 10.8. The molecule has 0 saturated heterocycles. The third kappa shape index (κ3) is 8.16. The van der Waals surface area contributed by atoms with Crippen molar-refractivity contribution in [2.45, 2.75) is 45.4 Å². The number of halogens is 1. The average Bonchev–Trinajstić information content (AvgIpc) is 3.22. The first-order valence-corrected chi connectivity index (χ1v) is 11.5. The van der Waals surface area contributed by atoms with Gasteiger partial charge in [-0.1, -0.05) is 62.6 Å². The summed E-state index contributed by atoms with van der Waals surface area (Å²) < 4.78 is 21.0. The second kappa shape index (κ2) is 13.1. The van der Waals surface area contributed by atoms with Crippen molar-refractivity contribution >= 4 is 23.3 Å². The topological polar surface area (TPSA) is 61.3 Å². The molecule has 0 aliphatic carbocycles. The minimum Gasteiger partial charge on any atom is -1.00 e. The fraction of sp³-hybridized carbons (Fsp3) is 0.522. The van der Waals surface area contributed by atoms with Crippen LogP contribution in [0.2, 0.25) is 0 Å². The number of nitrogens with zero attached hydrogens (tertiary/aromatic N) is 3. The molecule has 31 heavy (non-hydrogen) atoms. The Kier molecular flexibility index (Phi) is 10.9. The number of hydrogen-bond donors (Lipinski definition) is 0. The molecule has 0 N–H and O–H groups in total. The highest BCUT2D eigenvalue weighted by atomic mass is 127. The molecule has 0 spiro atoms. The van der Waals surface area contributed by atoms with Gasteiger partial charge in [-0.05, 0) is 12.0 Å². The lowest BCUT2D eigenvalue weighted by Crippen LogP contribution is -3.00. The lowest BCUT2D eigenvalue weighted by Gasteiger charge is -2.36. The highest BCUT2D eigenvalue weighted by molar-refractivity contribution is 6.99. The molecule has 3 rings (SSSR count). The Bertz CT molecular complexity index is 844. The molecule has 6 nitrogen and oxygen atoms in total. The van der Waals surface area contributed by atoms with Crippen LogP contribution < -0.4 is 28.7 Å². The summed E-state index contributed by atoms with van der Waals surface area (Å²) in [7, 11) is 2.12. The summed E-state index contributed by atoms with van der Waals surface area (Å²) in [4.78, 5) is 12.3. The van der Waals surface area contributed by atoms with E-state index in [0.29, 0.717) is 30.1 Å². The number of esters is 1. The minimum atomic E-state index is -0.192. The predicted octanol–water partition coefficient (Wildman–Crippen LogP) is 1.48. The van der Waals surface area contributed by atoms with Gasteiger partial charge in [-0.15, -0.1) is 4.37 Å². The Hall–Kier alpha value is -1.52. The zero-order chi connectivity index (χ0) is 21.2. The number of carbonyl (C=O) groups excluding carboxylic acids is 1. The molecule has 1 aliphatic heterocycles. The van der Waals surface area contributed by atoms with Gasteiger partial charge in [0.1, 0.15) is 12.2 Å². The van der Waals surface area contributed by atoms with E-state index in [-0.39, 0.29) is 29.9 Å². The van der Waals surface area contributed by atoms with E-state index in [1.165, 1.54) is 31.0 Å². The van der Waals surface area contributed by atoms with Gasteiger partial charge in [-0.3, -0.25) is 9.28 Å². The summed E-state index contributed by atoms with van der Waals surface area (Å²) in [5.74, 6) is 0.445. The molecule has 0 amide bonds. The van der Waals surface area contributed by atoms with Gasteiger partial charge in [0.25, 0.3) is 5.88 Å². The van der Waals surface area contributed by atoms with E-state index in [0.717, 1.165) is 42.8 Å². The maximum Gasteiger partial charge on any atom is 0.314 e. The third-order valence-corrected chi connectivity index (χ3v) is 5.85. The third-order valence-electron chi connectivity index (χ3n) is 5.34. The minimum absolute atomic E-state index is 0. The molecule has 1 aromatic heterocycles. The van der Waals surface area contributed by atoms with E-state index in [1.54, 1.807) is 0 Å². The SMILES string of the molecule is CCCCCCOc1nsnc1C1=CCC[N+](C)(COC(=O)Cc2ccccc2)C1.[I-]. The number of carbonyl (C=O) groups is 1. The molecule has 8 heteroatoms. The molecule has 0 bridgehead atoms. The highest BCUT2D eigenvalue weighted by Gasteiger charge is 2.31. The van der Waals surface area contributed by atoms with Crippen molar-refractivity contribution in [3.8, 4) is 5.88 Å². The standard InChI is InChI=1S/C23H32N3O3S.HI/c1-3-4-5-9-15-28-23-22(24-30-25-23)20-13-10-14-26(2,17-20)18-29-21(27)16-19-11-7-6-8-12-19;/h6-8,11-13H,3-5,9-10,14-18H2,1-2H3;1H/q+1;/p-1. The van der Waals surface area contributed by atoms with Crippen LogP contribution in [0.4, 0.5) is 0 Å².